The highest BCUT2D eigenvalue weighted by Crippen LogP contribution is 2.43. The van der Waals surface area contributed by atoms with Gasteiger partial charge >= 0.3 is 12.1 Å². The number of hydrogen-bond acceptors (Lipinski definition) is 6. The minimum Gasteiger partial charge on any atom is -0.488 e. The number of hydrogen-bond donors (Lipinski definition) is 3. The minimum atomic E-state index is -4.48. The van der Waals surface area contributed by atoms with Gasteiger partial charge in [-0.1, -0.05) is 30.3 Å². The summed E-state index contributed by atoms with van der Waals surface area (Å²) in [6.07, 6.45) is -6.58. The number of Topliss-reactive ketones (excluding diaryl/α,β-unsaturated/α-hetero) is 1. The molecule has 3 rings (SSSR count). The number of benzene rings is 2. The minimum absolute atomic E-state index is 0.0589. The van der Waals surface area contributed by atoms with E-state index in [9.17, 15) is 22.8 Å². The van der Waals surface area contributed by atoms with Crippen LogP contribution in [0.25, 0.3) is 11.1 Å². The number of carbonyl (C=O) groups excluding carboxylic acids is 1. The van der Waals surface area contributed by atoms with E-state index in [1.807, 2.05) is 0 Å². The van der Waals surface area contributed by atoms with Crippen molar-refractivity contribution >= 4 is 28.8 Å². The van der Waals surface area contributed by atoms with Crippen molar-refractivity contribution in [2.45, 2.75) is 18.9 Å². The van der Waals surface area contributed by atoms with Gasteiger partial charge < -0.3 is 20.3 Å². The Balaban J connectivity index is 1.64. The number of rotatable bonds is 9. The second-order valence-electron chi connectivity index (χ2n) is 6.69. The highest BCUT2D eigenvalue weighted by Gasteiger charge is 2.36. The first kappa shape index (κ1) is 23.3. The van der Waals surface area contributed by atoms with E-state index >= 15 is 0 Å². The lowest BCUT2D eigenvalue weighted by molar-refractivity contribution is -0.151. The van der Waals surface area contributed by atoms with Gasteiger partial charge in [0.05, 0.1) is 6.54 Å². The third kappa shape index (κ3) is 5.86. The predicted octanol–water partition coefficient (Wildman–Crippen LogP) is 4.44. The number of thiophene rings is 1. The molecule has 1 atom stereocenters. The fourth-order valence-corrected chi connectivity index (χ4v) is 3.76. The number of alkyl halides is 3. The van der Waals surface area contributed by atoms with Crippen molar-refractivity contribution in [2.24, 2.45) is 0 Å². The van der Waals surface area contributed by atoms with E-state index in [-0.39, 0.29) is 18.7 Å². The molecule has 10 heteroatoms. The summed E-state index contributed by atoms with van der Waals surface area (Å²) >= 11 is 0.629. The zero-order chi connectivity index (χ0) is 23.3. The molecule has 1 heterocycles. The SMILES string of the molecule is O=C(O)[C@@H](O)C(=O)CNc1ccc(OCc2cc(-c3ccccc3)c(C(F)(F)F)s2)cc1. The van der Waals surface area contributed by atoms with Crippen molar-refractivity contribution in [2.75, 3.05) is 11.9 Å². The van der Waals surface area contributed by atoms with Gasteiger partial charge in [0, 0.05) is 16.1 Å². The van der Waals surface area contributed by atoms with E-state index in [0.717, 1.165) is 0 Å². The maximum absolute atomic E-state index is 13.5. The molecule has 0 amide bonds. The zero-order valence-electron chi connectivity index (χ0n) is 16.4. The van der Waals surface area contributed by atoms with Crippen LogP contribution in [-0.4, -0.2) is 34.6 Å². The van der Waals surface area contributed by atoms with Crippen molar-refractivity contribution in [3.63, 3.8) is 0 Å². The first-order valence-electron chi connectivity index (χ1n) is 9.31. The fraction of sp³-hybridized carbons (Fsp3) is 0.182. The number of ketones is 1. The van der Waals surface area contributed by atoms with E-state index in [0.29, 0.717) is 33.2 Å². The summed E-state index contributed by atoms with van der Waals surface area (Å²) in [5, 5.41) is 20.4. The average molecular weight is 465 g/mol. The van der Waals surface area contributed by atoms with E-state index in [1.165, 1.54) is 6.07 Å². The van der Waals surface area contributed by atoms with Crippen molar-refractivity contribution in [1.82, 2.24) is 0 Å². The Morgan fingerprint density at radius 3 is 2.31 bits per heavy atom. The summed E-state index contributed by atoms with van der Waals surface area (Å²) in [5.41, 5.74) is 1.06. The smallest absolute Gasteiger partial charge is 0.426 e. The van der Waals surface area contributed by atoms with Crippen LogP contribution in [0, 0.1) is 0 Å². The van der Waals surface area contributed by atoms with Crippen LogP contribution in [0.1, 0.15) is 9.75 Å². The Hall–Kier alpha value is -3.37. The van der Waals surface area contributed by atoms with Crippen molar-refractivity contribution in [1.29, 1.82) is 0 Å². The van der Waals surface area contributed by atoms with Crippen LogP contribution in [-0.2, 0) is 22.4 Å². The van der Waals surface area contributed by atoms with Crippen LogP contribution in [0.3, 0.4) is 0 Å². The highest BCUT2D eigenvalue weighted by molar-refractivity contribution is 7.12. The lowest BCUT2D eigenvalue weighted by Crippen LogP contribution is -2.34. The van der Waals surface area contributed by atoms with Gasteiger partial charge in [0.1, 0.15) is 17.2 Å². The summed E-state index contributed by atoms with van der Waals surface area (Å²) in [5.74, 6) is -2.13. The van der Waals surface area contributed by atoms with Gasteiger partial charge in [0.25, 0.3) is 0 Å². The molecular weight excluding hydrogens is 447 g/mol. The molecule has 32 heavy (non-hydrogen) atoms. The van der Waals surface area contributed by atoms with Gasteiger partial charge in [-0.3, -0.25) is 4.79 Å². The van der Waals surface area contributed by atoms with Crippen molar-refractivity contribution < 1.29 is 37.7 Å². The first-order valence-corrected chi connectivity index (χ1v) is 10.1. The van der Waals surface area contributed by atoms with Crippen LogP contribution in [0.2, 0.25) is 0 Å². The second-order valence-corrected chi connectivity index (χ2v) is 7.83. The van der Waals surface area contributed by atoms with Crippen LogP contribution in [0.5, 0.6) is 5.75 Å². The molecule has 0 bridgehead atoms. The Morgan fingerprint density at radius 2 is 1.72 bits per heavy atom. The van der Waals surface area contributed by atoms with Crippen LogP contribution >= 0.6 is 11.3 Å². The maximum Gasteiger partial charge on any atom is 0.426 e. The van der Waals surface area contributed by atoms with Gasteiger partial charge in [0.2, 0.25) is 6.10 Å². The van der Waals surface area contributed by atoms with Gasteiger partial charge in [-0.15, -0.1) is 11.3 Å². The standard InChI is InChI=1S/C22H18F3NO5S/c23-22(24,25)20-17(13-4-2-1-3-5-13)10-16(32-20)12-31-15-8-6-14(7-9-15)26-11-18(27)19(28)21(29)30/h1-10,19,26,28H,11-12H2,(H,29,30)/t19-/m0/s1. The normalized spacial score (nSPS) is 12.2. The topological polar surface area (TPSA) is 95.9 Å². The second kappa shape index (κ2) is 9.84. The van der Waals surface area contributed by atoms with Gasteiger partial charge in [-0.05, 0) is 35.9 Å². The molecule has 0 fully saturated rings. The third-order valence-corrected chi connectivity index (χ3v) is 5.52. The number of aliphatic hydroxyl groups is 1. The zero-order valence-corrected chi connectivity index (χ0v) is 17.2. The number of carboxylic acid groups (broad SMARTS) is 1. The molecule has 6 nitrogen and oxygen atoms in total. The first-order chi connectivity index (χ1) is 15.1. The monoisotopic (exact) mass is 465 g/mol. The highest BCUT2D eigenvalue weighted by atomic mass is 32.1. The molecule has 0 radical (unpaired) electrons. The van der Waals surface area contributed by atoms with E-state index in [1.54, 1.807) is 54.6 Å². The largest absolute Gasteiger partial charge is 0.488 e. The van der Waals surface area contributed by atoms with Crippen LogP contribution in [0.15, 0.2) is 60.7 Å². The summed E-state index contributed by atoms with van der Waals surface area (Å²) in [4.78, 5) is 21.8. The number of carboxylic acids is 1. The predicted molar refractivity (Wildman–Crippen MR) is 113 cm³/mol. The molecule has 0 unspecified atom stereocenters. The molecular formula is C22H18F3NO5S. The number of carbonyl (C=O) groups is 2. The summed E-state index contributed by atoms with van der Waals surface area (Å²) in [6, 6.07) is 16.0. The van der Waals surface area contributed by atoms with E-state index < -0.39 is 28.9 Å². The molecule has 0 saturated heterocycles. The van der Waals surface area contributed by atoms with Crippen molar-refractivity contribution in [3.8, 4) is 16.9 Å². The molecule has 0 aliphatic heterocycles. The van der Waals surface area contributed by atoms with Crippen LogP contribution < -0.4 is 10.1 Å². The van der Waals surface area contributed by atoms with Crippen molar-refractivity contribution in [3.05, 3.63) is 70.4 Å². The summed E-state index contributed by atoms with van der Waals surface area (Å²) in [7, 11) is 0. The molecule has 1 aromatic heterocycles. The Kier molecular flexibility index (Phi) is 7.16. The molecule has 3 N–H and O–H groups in total. The molecule has 0 aliphatic rings. The van der Waals surface area contributed by atoms with E-state index in [2.05, 4.69) is 5.32 Å². The number of aliphatic carboxylic acids is 1. The summed E-state index contributed by atoms with van der Waals surface area (Å²) < 4.78 is 46.0. The molecule has 0 spiro atoms. The summed E-state index contributed by atoms with van der Waals surface area (Å²) in [6.45, 7) is -0.442. The van der Waals surface area contributed by atoms with Gasteiger partial charge in [-0.2, -0.15) is 13.2 Å². The number of anilines is 1. The van der Waals surface area contributed by atoms with Crippen LogP contribution in [0.4, 0.5) is 18.9 Å². The molecule has 0 saturated carbocycles. The fourth-order valence-electron chi connectivity index (χ4n) is 2.80. The maximum atomic E-state index is 13.5. The number of nitrogens with one attached hydrogen (secondary N) is 1. The third-order valence-electron chi connectivity index (χ3n) is 4.37. The number of aliphatic hydroxyl groups excluding tert-OH is 1. The van der Waals surface area contributed by atoms with Gasteiger partial charge in [0.15, 0.2) is 5.78 Å². The van der Waals surface area contributed by atoms with Gasteiger partial charge in [-0.25, -0.2) is 4.79 Å². The molecule has 2 aromatic carbocycles. The Labute approximate surface area is 184 Å². The molecule has 168 valence electrons. The Morgan fingerprint density at radius 1 is 1.06 bits per heavy atom. The van der Waals surface area contributed by atoms with E-state index in [4.69, 9.17) is 14.9 Å². The number of halogens is 3. The number of ether oxygens (including phenoxy) is 1. The lowest BCUT2D eigenvalue weighted by Gasteiger charge is -2.09. The molecule has 0 aliphatic carbocycles. The lowest BCUT2D eigenvalue weighted by atomic mass is 10.1. The quantitative estimate of drug-likeness (QED) is 0.405. The molecule has 3 aromatic rings. The Bertz CT molecular complexity index is 1080. The average Bonchev–Trinajstić information content (AvgIpc) is 3.22.